The molecule has 1 saturated heterocycles. The quantitative estimate of drug-likeness (QED) is 0.791. The Morgan fingerprint density at radius 1 is 1.33 bits per heavy atom. The standard InChI is InChI=1S/C18H30N2O/c1-4-5-13-20(14-17-7-6-12-19-17)15(2)16-8-10-18(21-3)11-9-16/h8-11,15,17,19H,4-7,12-14H2,1-3H3. The van der Waals surface area contributed by atoms with Crippen molar-refractivity contribution in [1.82, 2.24) is 10.2 Å². The van der Waals surface area contributed by atoms with E-state index in [0.717, 1.165) is 12.3 Å². The van der Waals surface area contributed by atoms with Gasteiger partial charge in [0.15, 0.2) is 0 Å². The second-order valence-corrected chi connectivity index (χ2v) is 6.09. The molecule has 1 aromatic carbocycles. The smallest absolute Gasteiger partial charge is 0.118 e. The van der Waals surface area contributed by atoms with E-state index in [0.29, 0.717) is 12.1 Å². The molecule has 3 heteroatoms. The van der Waals surface area contributed by atoms with Gasteiger partial charge in [-0.3, -0.25) is 4.90 Å². The Balaban J connectivity index is 2.01. The Morgan fingerprint density at radius 3 is 2.67 bits per heavy atom. The summed E-state index contributed by atoms with van der Waals surface area (Å²) in [6, 6.07) is 9.66. The fourth-order valence-corrected chi connectivity index (χ4v) is 3.09. The van der Waals surface area contributed by atoms with Crippen molar-refractivity contribution < 1.29 is 4.74 Å². The van der Waals surface area contributed by atoms with Gasteiger partial charge in [0.05, 0.1) is 7.11 Å². The molecular formula is C18H30N2O. The predicted molar refractivity (Wildman–Crippen MR) is 88.9 cm³/mol. The minimum absolute atomic E-state index is 0.463. The summed E-state index contributed by atoms with van der Waals surface area (Å²) < 4.78 is 5.26. The average Bonchev–Trinajstić information content (AvgIpc) is 3.04. The van der Waals surface area contributed by atoms with Crippen LogP contribution < -0.4 is 10.1 Å². The lowest BCUT2D eigenvalue weighted by Gasteiger charge is -2.32. The van der Waals surface area contributed by atoms with Crippen LogP contribution in [-0.4, -0.2) is 37.7 Å². The monoisotopic (exact) mass is 290 g/mol. The molecule has 0 radical (unpaired) electrons. The van der Waals surface area contributed by atoms with E-state index in [1.54, 1.807) is 7.11 Å². The lowest BCUT2D eigenvalue weighted by Crippen LogP contribution is -2.39. The van der Waals surface area contributed by atoms with Crippen LogP contribution in [0.3, 0.4) is 0 Å². The molecule has 21 heavy (non-hydrogen) atoms. The van der Waals surface area contributed by atoms with Crippen molar-refractivity contribution in [3.8, 4) is 5.75 Å². The SMILES string of the molecule is CCCCN(CC1CCCN1)C(C)c1ccc(OC)cc1. The molecule has 118 valence electrons. The van der Waals surface area contributed by atoms with E-state index < -0.39 is 0 Å². The van der Waals surface area contributed by atoms with E-state index in [-0.39, 0.29) is 0 Å². The summed E-state index contributed by atoms with van der Waals surface area (Å²) in [6.07, 6.45) is 5.16. The highest BCUT2D eigenvalue weighted by molar-refractivity contribution is 5.28. The van der Waals surface area contributed by atoms with Gasteiger partial charge in [-0.15, -0.1) is 0 Å². The van der Waals surface area contributed by atoms with Crippen LogP contribution in [0.4, 0.5) is 0 Å². The fraction of sp³-hybridized carbons (Fsp3) is 0.667. The van der Waals surface area contributed by atoms with Crippen molar-refractivity contribution in [2.75, 3.05) is 26.7 Å². The first-order valence-electron chi connectivity index (χ1n) is 8.36. The van der Waals surface area contributed by atoms with Crippen LogP contribution in [-0.2, 0) is 0 Å². The van der Waals surface area contributed by atoms with Crippen molar-refractivity contribution >= 4 is 0 Å². The van der Waals surface area contributed by atoms with Crippen molar-refractivity contribution in [2.45, 2.75) is 51.6 Å². The largest absolute Gasteiger partial charge is 0.497 e. The van der Waals surface area contributed by atoms with Crippen LogP contribution >= 0.6 is 0 Å². The molecule has 0 aromatic heterocycles. The van der Waals surface area contributed by atoms with Crippen molar-refractivity contribution in [3.63, 3.8) is 0 Å². The van der Waals surface area contributed by atoms with Gasteiger partial charge in [0, 0.05) is 18.6 Å². The lowest BCUT2D eigenvalue weighted by molar-refractivity contribution is 0.189. The van der Waals surface area contributed by atoms with Crippen LogP contribution in [0.15, 0.2) is 24.3 Å². The summed E-state index contributed by atoms with van der Waals surface area (Å²) in [5.74, 6) is 0.934. The van der Waals surface area contributed by atoms with Gasteiger partial charge in [-0.05, 0) is 57.0 Å². The number of benzene rings is 1. The predicted octanol–water partition coefficient (Wildman–Crippen LogP) is 3.61. The first-order valence-corrected chi connectivity index (χ1v) is 8.36. The van der Waals surface area contributed by atoms with Crippen LogP contribution in [0.1, 0.15) is 51.1 Å². The highest BCUT2D eigenvalue weighted by Gasteiger charge is 2.22. The fourth-order valence-electron chi connectivity index (χ4n) is 3.09. The molecule has 0 aliphatic carbocycles. The van der Waals surface area contributed by atoms with Crippen LogP contribution in [0.2, 0.25) is 0 Å². The molecule has 3 nitrogen and oxygen atoms in total. The Bertz CT molecular complexity index is 398. The molecular weight excluding hydrogens is 260 g/mol. The van der Waals surface area contributed by atoms with Gasteiger partial charge in [0.1, 0.15) is 5.75 Å². The normalized spacial score (nSPS) is 19.9. The minimum atomic E-state index is 0.463. The van der Waals surface area contributed by atoms with E-state index in [1.807, 2.05) is 0 Å². The van der Waals surface area contributed by atoms with Gasteiger partial charge in [-0.2, -0.15) is 0 Å². The molecule has 1 aliphatic rings. The van der Waals surface area contributed by atoms with Crippen molar-refractivity contribution in [1.29, 1.82) is 0 Å². The summed E-state index contributed by atoms with van der Waals surface area (Å²) in [7, 11) is 1.72. The van der Waals surface area contributed by atoms with E-state index in [1.165, 1.54) is 44.3 Å². The van der Waals surface area contributed by atoms with Gasteiger partial charge in [-0.25, -0.2) is 0 Å². The van der Waals surface area contributed by atoms with Gasteiger partial charge in [-0.1, -0.05) is 25.5 Å². The molecule has 2 unspecified atom stereocenters. The lowest BCUT2D eigenvalue weighted by atomic mass is 10.0. The molecule has 0 saturated carbocycles. The number of ether oxygens (including phenoxy) is 1. The molecule has 1 aliphatic heterocycles. The van der Waals surface area contributed by atoms with E-state index in [2.05, 4.69) is 48.3 Å². The molecule has 0 amide bonds. The van der Waals surface area contributed by atoms with Gasteiger partial charge in [0.2, 0.25) is 0 Å². The van der Waals surface area contributed by atoms with E-state index >= 15 is 0 Å². The summed E-state index contributed by atoms with van der Waals surface area (Å²) in [5, 5.41) is 3.63. The topological polar surface area (TPSA) is 24.5 Å². The van der Waals surface area contributed by atoms with E-state index in [4.69, 9.17) is 4.74 Å². The summed E-state index contributed by atoms with van der Waals surface area (Å²) in [4.78, 5) is 2.63. The Morgan fingerprint density at radius 2 is 2.10 bits per heavy atom. The highest BCUT2D eigenvalue weighted by atomic mass is 16.5. The molecule has 1 heterocycles. The molecule has 2 atom stereocenters. The van der Waals surface area contributed by atoms with Crippen molar-refractivity contribution in [3.05, 3.63) is 29.8 Å². The van der Waals surface area contributed by atoms with Crippen LogP contribution in [0.25, 0.3) is 0 Å². The highest BCUT2D eigenvalue weighted by Crippen LogP contribution is 2.24. The second-order valence-electron chi connectivity index (χ2n) is 6.09. The zero-order chi connectivity index (χ0) is 15.1. The third kappa shape index (κ3) is 4.72. The second kappa shape index (κ2) is 8.40. The summed E-state index contributed by atoms with van der Waals surface area (Å²) in [5.41, 5.74) is 1.38. The Kier molecular flexibility index (Phi) is 6.52. The third-order valence-electron chi connectivity index (χ3n) is 4.56. The van der Waals surface area contributed by atoms with Gasteiger partial charge >= 0.3 is 0 Å². The number of rotatable bonds is 8. The number of hydrogen-bond acceptors (Lipinski definition) is 3. The zero-order valence-corrected chi connectivity index (χ0v) is 13.8. The summed E-state index contributed by atoms with van der Waals surface area (Å²) in [6.45, 7) is 8.12. The van der Waals surface area contributed by atoms with Gasteiger partial charge in [0.25, 0.3) is 0 Å². The third-order valence-corrected chi connectivity index (χ3v) is 4.56. The van der Waals surface area contributed by atoms with Crippen LogP contribution in [0.5, 0.6) is 5.75 Å². The zero-order valence-electron chi connectivity index (χ0n) is 13.8. The Labute approximate surface area is 129 Å². The number of nitrogens with one attached hydrogen (secondary N) is 1. The molecule has 1 fully saturated rings. The maximum Gasteiger partial charge on any atom is 0.118 e. The van der Waals surface area contributed by atoms with Gasteiger partial charge < -0.3 is 10.1 Å². The first kappa shape index (κ1) is 16.3. The Hall–Kier alpha value is -1.06. The minimum Gasteiger partial charge on any atom is -0.497 e. The number of nitrogens with zero attached hydrogens (tertiary/aromatic N) is 1. The van der Waals surface area contributed by atoms with E-state index in [9.17, 15) is 0 Å². The average molecular weight is 290 g/mol. The van der Waals surface area contributed by atoms with Crippen molar-refractivity contribution in [2.24, 2.45) is 0 Å². The number of hydrogen-bond donors (Lipinski definition) is 1. The molecule has 0 bridgehead atoms. The molecule has 2 rings (SSSR count). The molecule has 1 N–H and O–H groups in total. The summed E-state index contributed by atoms with van der Waals surface area (Å²) >= 11 is 0. The molecule has 0 spiro atoms. The maximum atomic E-state index is 5.26. The van der Waals surface area contributed by atoms with Crippen LogP contribution in [0, 0.1) is 0 Å². The number of unbranched alkanes of at least 4 members (excludes halogenated alkanes) is 1. The first-order chi connectivity index (χ1) is 10.2. The number of methoxy groups -OCH3 is 1. The molecule has 1 aromatic rings. The maximum absolute atomic E-state index is 5.26.